The third kappa shape index (κ3) is 8.97. The van der Waals surface area contributed by atoms with E-state index >= 15 is 0 Å². The van der Waals surface area contributed by atoms with Crippen LogP contribution < -0.4 is 16.0 Å². The molecular formula is C36H44N6O5. The minimum absolute atomic E-state index is 0.0500. The Bertz CT molecular complexity index is 1510. The van der Waals surface area contributed by atoms with Gasteiger partial charge >= 0.3 is 6.03 Å². The van der Waals surface area contributed by atoms with E-state index in [9.17, 15) is 24.6 Å². The van der Waals surface area contributed by atoms with Crippen molar-refractivity contribution in [1.29, 1.82) is 0 Å². The van der Waals surface area contributed by atoms with Crippen LogP contribution in [0.3, 0.4) is 0 Å². The summed E-state index contributed by atoms with van der Waals surface area (Å²) in [6.07, 6.45) is 2.37. The molecule has 47 heavy (non-hydrogen) atoms. The molecule has 3 aromatic carbocycles. The lowest BCUT2D eigenvalue weighted by Crippen LogP contribution is -2.69. The van der Waals surface area contributed by atoms with E-state index in [-0.39, 0.29) is 43.6 Å². The maximum Gasteiger partial charge on any atom is 0.316 e. The Morgan fingerprint density at radius 1 is 0.957 bits per heavy atom. The van der Waals surface area contributed by atoms with E-state index in [1.807, 2.05) is 59.5 Å². The molecular weight excluding hydrogens is 596 g/mol. The number of likely N-dealkylation sites (tertiary alicyclic amines) is 1. The summed E-state index contributed by atoms with van der Waals surface area (Å²) in [7, 11) is 0. The number of phenols is 1. The molecule has 2 aliphatic heterocycles. The lowest BCUT2D eigenvalue weighted by atomic mass is 9.98. The highest BCUT2D eigenvalue weighted by molar-refractivity contribution is 5.91. The van der Waals surface area contributed by atoms with Crippen molar-refractivity contribution in [1.82, 2.24) is 30.7 Å². The Morgan fingerprint density at radius 2 is 1.68 bits per heavy atom. The van der Waals surface area contributed by atoms with Crippen LogP contribution in [0.4, 0.5) is 4.79 Å². The van der Waals surface area contributed by atoms with Crippen LogP contribution in [-0.2, 0) is 29.1 Å². The SMILES string of the molecule is C=CCNCC(=O)N1[C@@H](NC(=O)NCc2ccccc2)CN(Cc2cccc(C(O)N3CCCC3)c2)C(=O)[C@@H]1Cc1ccc(O)cc1. The fourth-order valence-corrected chi connectivity index (χ4v) is 6.20. The first-order valence-electron chi connectivity index (χ1n) is 16.1. The fraction of sp³-hybridized carbons (Fsp3) is 0.361. The highest BCUT2D eigenvalue weighted by Gasteiger charge is 2.43. The van der Waals surface area contributed by atoms with Crippen LogP contribution in [0, 0.1) is 0 Å². The number of phenolic OH excluding ortho intramolecular Hbond substituents is 1. The fourth-order valence-electron chi connectivity index (χ4n) is 6.20. The van der Waals surface area contributed by atoms with Crippen molar-refractivity contribution in [3.05, 3.63) is 114 Å². The van der Waals surface area contributed by atoms with Crippen LogP contribution in [0.5, 0.6) is 5.75 Å². The second-order valence-electron chi connectivity index (χ2n) is 12.0. The van der Waals surface area contributed by atoms with Crippen LogP contribution in [0.25, 0.3) is 0 Å². The van der Waals surface area contributed by atoms with Gasteiger partial charge in [0.2, 0.25) is 11.8 Å². The van der Waals surface area contributed by atoms with E-state index in [4.69, 9.17) is 0 Å². The molecule has 11 heteroatoms. The normalized spacial score (nSPS) is 19.0. The number of carbonyl (C=O) groups is 3. The summed E-state index contributed by atoms with van der Waals surface area (Å²) >= 11 is 0. The second-order valence-corrected chi connectivity index (χ2v) is 12.0. The molecule has 0 spiro atoms. The minimum Gasteiger partial charge on any atom is -0.508 e. The van der Waals surface area contributed by atoms with Crippen molar-refractivity contribution in [2.45, 2.75) is 50.8 Å². The predicted molar refractivity (Wildman–Crippen MR) is 179 cm³/mol. The second kappa shape index (κ2) is 16.2. The largest absolute Gasteiger partial charge is 0.508 e. The number of nitrogens with zero attached hydrogens (tertiary/aromatic N) is 3. The van der Waals surface area contributed by atoms with Gasteiger partial charge in [-0.1, -0.05) is 72.8 Å². The quantitative estimate of drug-likeness (QED) is 0.143. The number of piperazine rings is 1. The zero-order valence-electron chi connectivity index (χ0n) is 26.6. The number of hydrogen-bond acceptors (Lipinski definition) is 7. The Hall–Kier alpha value is -4.71. The van der Waals surface area contributed by atoms with Crippen molar-refractivity contribution in [2.24, 2.45) is 0 Å². The molecule has 11 nitrogen and oxygen atoms in total. The summed E-state index contributed by atoms with van der Waals surface area (Å²) in [6.45, 7) is 6.30. The molecule has 0 saturated carbocycles. The number of aliphatic hydroxyl groups excluding tert-OH is 1. The van der Waals surface area contributed by atoms with Crippen molar-refractivity contribution >= 4 is 17.8 Å². The van der Waals surface area contributed by atoms with E-state index in [1.54, 1.807) is 35.2 Å². The van der Waals surface area contributed by atoms with Gasteiger partial charge in [-0.3, -0.25) is 14.5 Å². The van der Waals surface area contributed by atoms with Gasteiger partial charge in [0.15, 0.2) is 0 Å². The first-order chi connectivity index (χ1) is 22.8. The molecule has 5 rings (SSSR count). The molecule has 3 aromatic rings. The third-order valence-corrected chi connectivity index (χ3v) is 8.58. The Kier molecular flexibility index (Phi) is 11.6. The summed E-state index contributed by atoms with van der Waals surface area (Å²) in [5.41, 5.74) is 3.26. The van der Waals surface area contributed by atoms with Crippen LogP contribution in [-0.4, -0.2) is 87.7 Å². The first-order valence-corrected chi connectivity index (χ1v) is 16.1. The van der Waals surface area contributed by atoms with Crippen molar-refractivity contribution in [2.75, 3.05) is 32.7 Å². The van der Waals surface area contributed by atoms with Gasteiger partial charge in [-0.05, 0) is 47.2 Å². The first kappa shape index (κ1) is 33.6. The minimum atomic E-state index is -0.927. The zero-order chi connectivity index (χ0) is 33.2. The Balaban J connectivity index is 1.42. The highest BCUT2D eigenvalue weighted by Crippen LogP contribution is 2.26. The summed E-state index contributed by atoms with van der Waals surface area (Å²) in [4.78, 5) is 46.5. The number of aliphatic hydroxyl groups is 1. The molecule has 248 valence electrons. The van der Waals surface area contributed by atoms with Gasteiger partial charge in [-0.2, -0.15) is 0 Å². The van der Waals surface area contributed by atoms with Crippen LogP contribution in [0.2, 0.25) is 0 Å². The van der Waals surface area contributed by atoms with E-state index in [1.165, 1.54) is 4.90 Å². The number of urea groups is 1. The van der Waals surface area contributed by atoms with Gasteiger partial charge in [0, 0.05) is 39.1 Å². The molecule has 1 unspecified atom stereocenters. The van der Waals surface area contributed by atoms with Crippen LogP contribution >= 0.6 is 0 Å². The lowest BCUT2D eigenvalue weighted by molar-refractivity contribution is -0.157. The molecule has 0 aromatic heterocycles. The summed E-state index contributed by atoms with van der Waals surface area (Å²) in [5, 5.41) is 29.7. The van der Waals surface area contributed by atoms with E-state index in [2.05, 4.69) is 22.5 Å². The van der Waals surface area contributed by atoms with E-state index in [0.29, 0.717) is 13.1 Å². The molecule has 2 heterocycles. The van der Waals surface area contributed by atoms with Gasteiger partial charge in [0.25, 0.3) is 0 Å². The highest BCUT2D eigenvalue weighted by atomic mass is 16.3. The monoisotopic (exact) mass is 640 g/mol. The summed E-state index contributed by atoms with van der Waals surface area (Å²) in [5.74, 6) is -0.506. The Morgan fingerprint density at radius 3 is 2.40 bits per heavy atom. The van der Waals surface area contributed by atoms with Crippen LogP contribution in [0.1, 0.15) is 41.3 Å². The molecule has 2 fully saturated rings. The zero-order valence-corrected chi connectivity index (χ0v) is 26.6. The maximum atomic E-state index is 14.3. The van der Waals surface area contributed by atoms with Gasteiger partial charge in [-0.25, -0.2) is 4.79 Å². The van der Waals surface area contributed by atoms with E-state index in [0.717, 1.165) is 48.2 Å². The average Bonchev–Trinajstić information content (AvgIpc) is 3.62. The third-order valence-electron chi connectivity index (χ3n) is 8.58. The lowest BCUT2D eigenvalue weighted by Gasteiger charge is -2.46. The molecule has 5 N–H and O–H groups in total. The summed E-state index contributed by atoms with van der Waals surface area (Å²) < 4.78 is 0. The molecule has 4 amide bonds. The van der Waals surface area contributed by atoms with Gasteiger partial charge in [-0.15, -0.1) is 6.58 Å². The standard InChI is InChI=1S/C36H44N6O5/c1-2-17-37-23-33(44)42-31(21-26-13-15-30(43)16-14-26)35(46)41(25-32(42)39-36(47)38-22-27-9-4-3-5-10-27)24-28-11-8-12-29(20-28)34(45)40-18-6-7-19-40/h2-5,8-16,20,31-32,34,37,43,45H,1,6-7,17-19,21-25H2,(H2,38,39,47)/t31-,32+,34?/m0/s1. The molecule has 2 saturated heterocycles. The number of hydrogen-bond donors (Lipinski definition) is 5. The predicted octanol–water partition coefficient (Wildman–Crippen LogP) is 2.86. The van der Waals surface area contributed by atoms with Crippen LogP contribution in [0.15, 0.2) is 91.5 Å². The van der Waals surface area contributed by atoms with Gasteiger partial charge < -0.3 is 36.0 Å². The molecule has 0 aliphatic carbocycles. The molecule has 0 bridgehead atoms. The average molecular weight is 641 g/mol. The van der Waals surface area contributed by atoms with Gasteiger partial charge in [0.1, 0.15) is 24.2 Å². The molecule has 0 radical (unpaired) electrons. The number of nitrogens with one attached hydrogen (secondary N) is 3. The number of aromatic hydroxyl groups is 1. The number of amides is 4. The van der Waals surface area contributed by atoms with Gasteiger partial charge in [0.05, 0.1) is 13.1 Å². The van der Waals surface area contributed by atoms with E-state index < -0.39 is 24.5 Å². The molecule has 3 atom stereocenters. The van der Waals surface area contributed by atoms with Crippen molar-refractivity contribution in [3.63, 3.8) is 0 Å². The smallest absolute Gasteiger partial charge is 0.316 e. The molecule has 2 aliphatic rings. The Labute approximate surface area is 275 Å². The number of benzene rings is 3. The maximum absolute atomic E-state index is 14.3. The topological polar surface area (TPSA) is 137 Å². The van der Waals surface area contributed by atoms with Crippen molar-refractivity contribution < 1.29 is 24.6 Å². The summed E-state index contributed by atoms with van der Waals surface area (Å²) in [6, 6.07) is 22.2. The number of rotatable bonds is 13. The van der Waals surface area contributed by atoms with Crippen molar-refractivity contribution in [3.8, 4) is 5.75 Å². The number of carbonyl (C=O) groups excluding carboxylic acids is 3.